The molecule has 0 atom stereocenters. The molecule has 0 unspecified atom stereocenters. The molecule has 0 aliphatic heterocycles. The van der Waals surface area contributed by atoms with Gasteiger partial charge in [-0.2, -0.15) is 13.2 Å². The monoisotopic (exact) mass is 215 g/mol. The SMILES string of the molecule is Cc1ccnc2nc(CC(F)(F)F)[nH]c12. The van der Waals surface area contributed by atoms with Crippen molar-refractivity contribution in [2.75, 3.05) is 0 Å². The molecule has 1 N–H and O–H groups in total. The van der Waals surface area contributed by atoms with Crippen LogP contribution in [0.1, 0.15) is 11.4 Å². The second kappa shape index (κ2) is 3.22. The summed E-state index contributed by atoms with van der Waals surface area (Å²) in [6, 6.07) is 1.72. The minimum Gasteiger partial charge on any atom is -0.340 e. The van der Waals surface area contributed by atoms with Crippen LogP contribution in [-0.2, 0) is 6.42 Å². The van der Waals surface area contributed by atoms with Gasteiger partial charge < -0.3 is 4.98 Å². The molecule has 15 heavy (non-hydrogen) atoms. The van der Waals surface area contributed by atoms with Crippen molar-refractivity contribution in [2.45, 2.75) is 19.5 Å². The summed E-state index contributed by atoms with van der Waals surface area (Å²) in [6.45, 7) is 1.79. The number of rotatable bonds is 1. The van der Waals surface area contributed by atoms with Gasteiger partial charge in [0.2, 0.25) is 0 Å². The van der Waals surface area contributed by atoms with Gasteiger partial charge in [-0.3, -0.25) is 0 Å². The van der Waals surface area contributed by atoms with Crippen molar-refractivity contribution < 1.29 is 13.2 Å². The van der Waals surface area contributed by atoms with Gasteiger partial charge in [0.1, 0.15) is 12.2 Å². The molecule has 0 aliphatic carbocycles. The highest BCUT2D eigenvalue weighted by molar-refractivity contribution is 5.74. The van der Waals surface area contributed by atoms with Gasteiger partial charge in [0, 0.05) is 6.20 Å². The summed E-state index contributed by atoms with van der Waals surface area (Å²) >= 11 is 0. The first kappa shape index (κ1) is 9.95. The molecule has 0 aromatic carbocycles. The molecule has 0 aliphatic rings. The minimum absolute atomic E-state index is 0.0979. The lowest BCUT2D eigenvalue weighted by Crippen LogP contribution is -2.12. The van der Waals surface area contributed by atoms with Crippen LogP contribution < -0.4 is 0 Å². The molecule has 0 saturated carbocycles. The van der Waals surface area contributed by atoms with Crippen molar-refractivity contribution in [2.24, 2.45) is 0 Å². The molecule has 0 spiro atoms. The van der Waals surface area contributed by atoms with Crippen molar-refractivity contribution in [1.82, 2.24) is 15.0 Å². The number of aromatic amines is 1. The Bertz CT molecular complexity index is 487. The molecular formula is C9H8F3N3. The largest absolute Gasteiger partial charge is 0.396 e. The molecule has 2 aromatic rings. The standard InChI is InChI=1S/C9H8F3N3/c1-5-2-3-13-8-7(5)14-6(15-8)4-9(10,11)12/h2-3H,4H2,1H3,(H,13,14,15). The molecule has 0 bridgehead atoms. The van der Waals surface area contributed by atoms with Crippen LogP contribution in [0.2, 0.25) is 0 Å². The maximum atomic E-state index is 12.1. The van der Waals surface area contributed by atoms with Crippen LogP contribution in [0.5, 0.6) is 0 Å². The van der Waals surface area contributed by atoms with Crippen LogP contribution in [0.3, 0.4) is 0 Å². The number of imidazole rings is 1. The van der Waals surface area contributed by atoms with E-state index in [0.717, 1.165) is 5.56 Å². The van der Waals surface area contributed by atoms with Gasteiger partial charge in [0.05, 0.1) is 5.52 Å². The molecule has 0 radical (unpaired) electrons. The Morgan fingerprint density at radius 3 is 2.73 bits per heavy atom. The Hall–Kier alpha value is -1.59. The number of pyridine rings is 1. The molecule has 0 fully saturated rings. The van der Waals surface area contributed by atoms with Crippen molar-refractivity contribution >= 4 is 11.2 Å². The lowest BCUT2D eigenvalue weighted by molar-refractivity contribution is -0.128. The number of hydrogen-bond donors (Lipinski definition) is 1. The van der Waals surface area contributed by atoms with Crippen LogP contribution in [-0.4, -0.2) is 21.1 Å². The Balaban J connectivity index is 2.44. The third-order valence-corrected chi connectivity index (χ3v) is 2.02. The summed E-state index contributed by atoms with van der Waals surface area (Å²) in [5.74, 6) is -0.0979. The maximum absolute atomic E-state index is 12.1. The first-order valence-electron chi connectivity index (χ1n) is 4.33. The highest BCUT2D eigenvalue weighted by atomic mass is 19.4. The van der Waals surface area contributed by atoms with E-state index >= 15 is 0 Å². The molecule has 80 valence electrons. The van der Waals surface area contributed by atoms with E-state index in [9.17, 15) is 13.2 Å². The highest BCUT2D eigenvalue weighted by Crippen LogP contribution is 2.21. The van der Waals surface area contributed by atoms with E-state index in [4.69, 9.17) is 0 Å². The number of nitrogens with one attached hydrogen (secondary N) is 1. The molecule has 0 saturated heterocycles. The van der Waals surface area contributed by atoms with E-state index in [1.165, 1.54) is 6.20 Å². The lowest BCUT2D eigenvalue weighted by Gasteiger charge is -2.01. The second-order valence-corrected chi connectivity index (χ2v) is 3.30. The fourth-order valence-electron chi connectivity index (χ4n) is 1.36. The smallest absolute Gasteiger partial charge is 0.340 e. The summed E-state index contributed by atoms with van der Waals surface area (Å²) in [5, 5.41) is 0. The van der Waals surface area contributed by atoms with Crippen LogP contribution in [0.25, 0.3) is 11.2 Å². The first-order chi connectivity index (χ1) is 6.96. The number of aromatic nitrogens is 3. The average Bonchev–Trinajstić information content (AvgIpc) is 2.45. The van der Waals surface area contributed by atoms with E-state index in [2.05, 4.69) is 15.0 Å². The number of fused-ring (bicyclic) bond motifs is 1. The first-order valence-corrected chi connectivity index (χ1v) is 4.33. The third kappa shape index (κ3) is 2.08. The number of hydrogen-bond acceptors (Lipinski definition) is 2. The molecule has 0 amide bonds. The Morgan fingerprint density at radius 2 is 2.13 bits per heavy atom. The zero-order valence-electron chi connectivity index (χ0n) is 7.89. The van der Waals surface area contributed by atoms with Gasteiger partial charge in [-0.25, -0.2) is 9.97 Å². The van der Waals surface area contributed by atoms with E-state index in [-0.39, 0.29) is 5.82 Å². The number of halogens is 3. The molecule has 2 heterocycles. The van der Waals surface area contributed by atoms with E-state index < -0.39 is 12.6 Å². The predicted molar refractivity (Wildman–Crippen MR) is 48.4 cm³/mol. The molecule has 2 aromatic heterocycles. The average molecular weight is 215 g/mol. The molecule has 6 heteroatoms. The zero-order valence-corrected chi connectivity index (χ0v) is 7.89. The summed E-state index contributed by atoms with van der Waals surface area (Å²) in [7, 11) is 0. The van der Waals surface area contributed by atoms with E-state index in [0.29, 0.717) is 11.2 Å². The van der Waals surface area contributed by atoms with Crippen molar-refractivity contribution in [3.8, 4) is 0 Å². The highest BCUT2D eigenvalue weighted by Gasteiger charge is 2.29. The lowest BCUT2D eigenvalue weighted by atomic mass is 10.3. The summed E-state index contributed by atoms with van der Waals surface area (Å²) in [5.41, 5.74) is 1.73. The molecule has 2 rings (SSSR count). The van der Waals surface area contributed by atoms with Gasteiger partial charge in [-0.1, -0.05) is 0 Å². The van der Waals surface area contributed by atoms with Gasteiger partial charge in [-0.15, -0.1) is 0 Å². The minimum atomic E-state index is -4.25. The predicted octanol–water partition coefficient (Wildman–Crippen LogP) is 2.37. The second-order valence-electron chi connectivity index (χ2n) is 3.30. The Labute approximate surface area is 83.4 Å². The topological polar surface area (TPSA) is 41.6 Å². The van der Waals surface area contributed by atoms with Gasteiger partial charge in [0.25, 0.3) is 0 Å². The fourth-order valence-corrected chi connectivity index (χ4v) is 1.36. The van der Waals surface area contributed by atoms with E-state index in [1.54, 1.807) is 13.0 Å². The quantitative estimate of drug-likeness (QED) is 0.793. The Morgan fingerprint density at radius 1 is 1.40 bits per heavy atom. The third-order valence-electron chi connectivity index (χ3n) is 2.02. The van der Waals surface area contributed by atoms with Crippen LogP contribution in [0.15, 0.2) is 12.3 Å². The van der Waals surface area contributed by atoms with Gasteiger partial charge in [-0.05, 0) is 18.6 Å². The van der Waals surface area contributed by atoms with Crippen molar-refractivity contribution in [1.29, 1.82) is 0 Å². The van der Waals surface area contributed by atoms with Crippen LogP contribution >= 0.6 is 0 Å². The maximum Gasteiger partial charge on any atom is 0.396 e. The summed E-state index contributed by atoms with van der Waals surface area (Å²) in [4.78, 5) is 10.3. The summed E-state index contributed by atoms with van der Waals surface area (Å²) in [6.07, 6.45) is -3.78. The number of nitrogens with zero attached hydrogens (tertiary/aromatic N) is 2. The number of alkyl halides is 3. The fraction of sp³-hybridized carbons (Fsp3) is 0.333. The zero-order chi connectivity index (χ0) is 11.1. The van der Waals surface area contributed by atoms with E-state index in [1.807, 2.05) is 0 Å². The van der Waals surface area contributed by atoms with Crippen molar-refractivity contribution in [3.63, 3.8) is 0 Å². The van der Waals surface area contributed by atoms with Crippen LogP contribution in [0.4, 0.5) is 13.2 Å². The normalized spacial score (nSPS) is 12.3. The molecule has 3 nitrogen and oxygen atoms in total. The van der Waals surface area contributed by atoms with Crippen LogP contribution in [0, 0.1) is 6.92 Å². The molecular weight excluding hydrogens is 207 g/mol. The number of H-pyrrole nitrogens is 1. The number of aryl methyl sites for hydroxylation is 1. The Kier molecular flexibility index (Phi) is 2.13. The van der Waals surface area contributed by atoms with Gasteiger partial charge in [0.15, 0.2) is 5.65 Å². The van der Waals surface area contributed by atoms with Crippen molar-refractivity contribution in [3.05, 3.63) is 23.7 Å². The van der Waals surface area contributed by atoms with Gasteiger partial charge >= 0.3 is 6.18 Å². The summed E-state index contributed by atoms with van der Waals surface area (Å²) < 4.78 is 36.3.